The van der Waals surface area contributed by atoms with Gasteiger partial charge in [-0.3, -0.25) is 4.79 Å². The van der Waals surface area contributed by atoms with Crippen molar-refractivity contribution in [3.63, 3.8) is 0 Å². The lowest BCUT2D eigenvalue weighted by Gasteiger charge is -2.33. The number of amides is 1. The van der Waals surface area contributed by atoms with Gasteiger partial charge in [0.15, 0.2) is 0 Å². The van der Waals surface area contributed by atoms with E-state index < -0.39 is 5.54 Å². The molecular formula is C11H25N3O. The molecule has 0 aromatic carbocycles. The Kier molecular flexibility index (Phi) is 6.52. The molecule has 0 saturated heterocycles. The molecule has 1 atom stereocenters. The Morgan fingerprint density at radius 1 is 1.33 bits per heavy atom. The molecule has 0 bridgehead atoms. The number of likely N-dealkylation sites (N-methyl/N-ethyl adjacent to an activating group) is 1. The summed E-state index contributed by atoms with van der Waals surface area (Å²) in [7, 11) is 0. The third-order valence-corrected chi connectivity index (χ3v) is 2.74. The van der Waals surface area contributed by atoms with E-state index in [1.54, 1.807) is 0 Å². The molecule has 0 aliphatic carbocycles. The molecule has 15 heavy (non-hydrogen) atoms. The molecule has 0 fully saturated rings. The quantitative estimate of drug-likeness (QED) is 0.622. The Morgan fingerprint density at radius 3 is 2.20 bits per heavy atom. The first-order chi connectivity index (χ1) is 7.00. The molecule has 0 aromatic rings. The maximum Gasteiger partial charge on any atom is 0.238 e. The van der Waals surface area contributed by atoms with Crippen molar-refractivity contribution < 1.29 is 4.79 Å². The summed E-state index contributed by atoms with van der Waals surface area (Å²) < 4.78 is 0. The predicted octanol–water partition coefficient (Wildman–Crippen LogP) is 0.572. The average Bonchev–Trinajstić information content (AvgIpc) is 2.22. The van der Waals surface area contributed by atoms with Crippen LogP contribution in [0.15, 0.2) is 0 Å². The number of rotatable bonds is 8. The van der Waals surface area contributed by atoms with Gasteiger partial charge >= 0.3 is 0 Å². The Labute approximate surface area is 93.2 Å². The summed E-state index contributed by atoms with van der Waals surface area (Å²) in [6.07, 6.45) is 1.00. The SMILES string of the molecule is CCCNC(C)(CN(CC)CC)C(N)=O. The van der Waals surface area contributed by atoms with Crippen LogP contribution in [0.3, 0.4) is 0 Å². The molecule has 4 heteroatoms. The van der Waals surface area contributed by atoms with E-state index in [1.165, 1.54) is 0 Å². The number of primary amides is 1. The van der Waals surface area contributed by atoms with E-state index in [9.17, 15) is 4.79 Å². The third kappa shape index (κ3) is 4.62. The minimum atomic E-state index is -0.609. The topological polar surface area (TPSA) is 58.4 Å². The van der Waals surface area contributed by atoms with Gasteiger partial charge in [-0.1, -0.05) is 20.8 Å². The normalized spacial score (nSPS) is 15.3. The van der Waals surface area contributed by atoms with Crippen molar-refractivity contribution in [1.29, 1.82) is 0 Å². The van der Waals surface area contributed by atoms with E-state index in [4.69, 9.17) is 5.73 Å². The van der Waals surface area contributed by atoms with Gasteiger partial charge in [-0.15, -0.1) is 0 Å². The van der Waals surface area contributed by atoms with Gasteiger partial charge < -0.3 is 16.0 Å². The van der Waals surface area contributed by atoms with Gasteiger partial charge in [0, 0.05) is 6.54 Å². The highest BCUT2D eigenvalue weighted by Gasteiger charge is 2.31. The number of carbonyl (C=O) groups is 1. The maximum absolute atomic E-state index is 11.4. The van der Waals surface area contributed by atoms with Gasteiger partial charge in [0.25, 0.3) is 0 Å². The number of hydrogen-bond acceptors (Lipinski definition) is 3. The second-order valence-electron chi connectivity index (χ2n) is 4.08. The third-order valence-electron chi connectivity index (χ3n) is 2.74. The standard InChI is InChI=1S/C11H25N3O/c1-5-8-13-11(4,10(12)15)9-14(6-2)7-3/h13H,5-9H2,1-4H3,(H2,12,15). The van der Waals surface area contributed by atoms with Gasteiger partial charge in [-0.2, -0.15) is 0 Å². The highest BCUT2D eigenvalue weighted by molar-refractivity contribution is 5.84. The van der Waals surface area contributed by atoms with Crippen LogP contribution in [0.5, 0.6) is 0 Å². The van der Waals surface area contributed by atoms with Crippen LogP contribution in [0.25, 0.3) is 0 Å². The molecule has 0 aliphatic heterocycles. The van der Waals surface area contributed by atoms with E-state index in [1.807, 2.05) is 6.92 Å². The number of nitrogens with two attached hydrogens (primary N) is 1. The molecule has 3 N–H and O–H groups in total. The molecule has 0 rings (SSSR count). The second-order valence-corrected chi connectivity index (χ2v) is 4.08. The zero-order chi connectivity index (χ0) is 11.9. The summed E-state index contributed by atoms with van der Waals surface area (Å²) in [5.74, 6) is -0.275. The average molecular weight is 215 g/mol. The van der Waals surface area contributed by atoms with Crippen LogP contribution in [0.1, 0.15) is 34.1 Å². The van der Waals surface area contributed by atoms with E-state index in [0.29, 0.717) is 6.54 Å². The lowest BCUT2D eigenvalue weighted by atomic mass is 10.0. The molecule has 0 aliphatic rings. The van der Waals surface area contributed by atoms with Crippen molar-refractivity contribution in [2.24, 2.45) is 5.73 Å². The Balaban J connectivity index is 4.42. The van der Waals surface area contributed by atoms with E-state index in [2.05, 4.69) is 31.0 Å². The van der Waals surface area contributed by atoms with Crippen LogP contribution >= 0.6 is 0 Å². The summed E-state index contributed by atoms with van der Waals surface area (Å²) in [6, 6.07) is 0. The lowest BCUT2D eigenvalue weighted by Crippen LogP contribution is -2.59. The molecule has 0 radical (unpaired) electrons. The lowest BCUT2D eigenvalue weighted by molar-refractivity contribution is -0.124. The number of nitrogens with zero attached hydrogens (tertiary/aromatic N) is 1. The van der Waals surface area contributed by atoms with Crippen LogP contribution in [0.4, 0.5) is 0 Å². The Hall–Kier alpha value is -0.610. The van der Waals surface area contributed by atoms with E-state index in [0.717, 1.165) is 26.1 Å². The zero-order valence-corrected chi connectivity index (χ0v) is 10.5. The van der Waals surface area contributed by atoms with Crippen molar-refractivity contribution in [1.82, 2.24) is 10.2 Å². The highest BCUT2D eigenvalue weighted by Crippen LogP contribution is 2.06. The predicted molar refractivity (Wildman–Crippen MR) is 63.7 cm³/mol. The van der Waals surface area contributed by atoms with Gasteiger partial charge in [0.2, 0.25) is 5.91 Å². The molecule has 1 unspecified atom stereocenters. The first kappa shape index (κ1) is 14.4. The monoisotopic (exact) mass is 215 g/mol. The summed E-state index contributed by atoms with van der Waals surface area (Å²) in [4.78, 5) is 13.6. The summed E-state index contributed by atoms with van der Waals surface area (Å²) in [6.45, 7) is 11.5. The van der Waals surface area contributed by atoms with Gasteiger partial charge in [-0.25, -0.2) is 0 Å². The zero-order valence-electron chi connectivity index (χ0n) is 10.5. The summed E-state index contributed by atoms with van der Waals surface area (Å²) >= 11 is 0. The van der Waals surface area contributed by atoms with Crippen LogP contribution in [0, 0.1) is 0 Å². The minimum absolute atomic E-state index is 0.275. The molecule has 4 nitrogen and oxygen atoms in total. The fourth-order valence-electron chi connectivity index (χ4n) is 1.52. The Bertz CT molecular complexity index is 192. The molecule has 0 heterocycles. The number of carbonyl (C=O) groups excluding carboxylic acids is 1. The molecule has 1 amide bonds. The number of nitrogens with one attached hydrogen (secondary N) is 1. The van der Waals surface area contributed by atoms with E-state index in [-0.39, 0.29) is 5.91 Å². The molecular weight excluding hydrogens is 190 g/mol. The largest absolute Gasteiger partial charge is 0.368 e. The van der Waals surface area contributed by atoms with Gasteiger partial charge in [-0.05, 0) is 33.0 Å². The first-order valence-corrected chi connectivity index (χ1v) is 5.77. The van der Waals surface area contributed by atoms with Crippen molar-refractivity contribution in [2.75, 3.05) is 26.2 Å². The minimum Gasteiger partial charge on any atom is -0.368 e. The fourth-order valence-corrected chi connectivity index (χ4v) is 1.52. The molecule has 0 spiro atoms. The molecule has 90 valence electrons. The van der Waals surface area contributed by atoms with Crippen LogP contribution in [0.2, 0.25) is 0 Å². The van der Waals surface area contributed by atoms with Gasteiger partial charge in [0.05, 0.1) is 0 Å². The first-order valence-electron chi connectivity index (χ1n) is 5.77. The molecule has 0 aromatic heterocycles. The van der Waals surface area contributed by atoms with Gasteiger partial charge in [0.1, 0.15) is 5.54 Å². The second kappa shape index (κ2) is 6.80. The van der Waals surface area contributed by atoms with E-state index >= 15 is 0 Å². The maximum atomic E-state index is 11.4. The van der Waals surface area contributed by atoms with Crippen molar-refractivity contribution in [3.8, 4) is 0 Å². The van der Waals surface area contributed by atoms with Crippen molar-refractivity contribution in [3.05, 3.63) is 0 Å². The van der Waals surface area contributed by atoms with Crippen molar-refractivity contribution >= 4 is 5.91 Å². The van der Waals surface area contributed by atoms with Crippen LogP contribution in [-0.2, 0) is 4.79 Å². The highest BCUT2D eigenvalue weighted by atomic mass is 16.1. The van der Waals surface area contributed by atoms with Crippen LogP contribution in [-0.4, -0.2) is 42.5 Å². The summed E-state index contributed by atoms with van der Waals surface area (Å²) in [5.41, 5.74) is 4.83. The molecule has 0 saturated carbocycles. The Morgan fingerprint density at radius 2 is 1.87 bits per heavy atom. The number of hydrogen-bond donors (Lipinski definition) is 2. The van der Waals surface area contributed by atoms with Crippen molar-refractivity contribution in [2.45, 2.75) is 39.7 Å². The fraction of sp³-hybridized carbons (Fsp3) is 0.909. The van der Waals surface area contributed by atoms with Crippen LogP contribution < -0.4 is 11.1 Å². The summed E-state index contributed by atoms with van der Waals surface area (Å²) in [5, 5.41) is 3.23. The smallest absolute Gasteiger partial charge is 0.238 e.